The van der Waals surface area contributed by atoms with E-state index in [2.05, 4.69) is 5.32 Å². The Bertz CT molecular complexity index is 466. The molecule has 4 heteroatoms. The van der Waals surface area contributed by atoms with Gasteiger partial charge in [0, 0.05) is 5.57 Å². The molecule has 0 saturated heterocycles. The van der Waals surface area contributed by atoms with E-state index in [-0.39, 0.29) is 5.91 Å². The fraction of sp³-hybridized carbons (Fsp3) is 0.333. The zero-order valence-corrected chi connectivity index (χ0v) is 11.5. The molecular formula is C15H19NO3. The molecule has 102 valence electrons. The minimum atomic E-state index is -0.779. The normalized spacial score (nSPS) is 12.7. The van der Waals surface area contributed by atoms with Gasteiger partial charge in [0.1, 0.15) is 0 Å². The molecule has 0 fully saturated rings. The van der Waals surface area contributed by atoms with Gasteiger partial charge in [0.25, 0.3) is 0 Å². The number of hydrogen-bond donors (Lipinski definition) is 1. The average Bonchev–Trinajstić information content (AvgIpc) is 2.44. The Kier molecular flexibility index (Phi) is 5.79. The number of allylic oxidation sites excluding steroid dienone is 1. The van der Waals surface area contributed by atoms with Crippen LogP contribution in [0, 0.1) is 0 Å². The van der Waals surface area contributed by atoms with Crippen LogP contribution in [-0.2, 0) is 14.3 Å². The van der Waals surface area contributed by atoms with Gasteiger partial charge in [-0.2, -0.15) is 0 Å². The molecule has 1 aromatic rings. The Labute approximate surface area is 113 Å². The molecule has 0 aliphatic carbocycles. The van der Waals surface area contributed by atoms with Crippen LogP contribution in [0.15, 0.2) is 42.0 Å². The molecule has 0 aliphatic heterocycles. The second kappa shape index (κ2) is 7.36. The first-order valence-corrected chi connectivity index (χ1v) is 6.20. The summed E-state index contributed by atoms with van der Waals surface area (Å²) in [5.74, 6) is -0.745. The monoisotopic (exact) mass is 261 g/mol. The van der Waals surface area contributed by atoms with Crippen LogP contribution in [0.1, 0.15) is 31.9 Å². The summed E-state index contributed by atoms with van der Waals surface area (Å²) in [6.45, 7) is 3.67. The van der Waals surface area contributed by atoms with Crippen molar-refractivity contribution in [3.8, 4) is 0 Å². The van der Waals surface area contributed by atoms with E-state index >= 15 is 0 Å². The van der Waals surface area contributed by atoms with Gasteiger partial charge in [0.15, 0.2) is 6.04 Å². The molecule has 0 aliphatic rings. The predicted molar refractivity (Wildman–Crippen MR) is 73.4 cm³/mol. The number of methoxy groups -OCH3 is 1. The summed E-state index contributed by atoms with van der Waals surface area (Å²) in [6, 6.07) is 8.25. The molecule has 1 amide bonds. The van der Waals surface area contributed by atoms with Gasteiger partial charge in [0.05, 0.1) is 7.11 Å². The molecule has 0 saturated carbocycles. The van der Waals surface area contributed by atoms with Gasteiger partial charge >= 0.3 is 5.97 Å². The molecular weight excluding hydrogens is 242 g/mol. The van der Waals surface area contributed by atoms with Crippen molar-refractivity contribution in [3.05, 3.63) is 47.5 Å². The Hall–Kier alpha value is -2.10. The van der Waals surface area contributed by atoms with Gasteiger partial charge in [-0.3, -0.25) is 4.79 Å². The van der Waals surface area contributed by atoms with Crippen LogP contribution in [-0.4, -0.2) is 19.0 Å². The molecule has 1 N–H and O–H groups in total. The second-order valence-corrected chi connectivity index (χ2v) is 4.14. The Morgan fingerprint density at radius 3 is 2.47 bits per heavy atom. The molecule has 4 nitrogen and oxygen atoms in total. The van der Waals surface area contributed by atoms with E-state index in [1.54, 1.807) is 19.1 Å². The van der Waals surface area contributed by atoms with Crippen molar-refractivity contribution in [3.63, 3.8) is 0 Å². The van der Waals surface area contributed by atoms with Crippen molar-refractivity contribution in [1.82, 2.24) is 5.32 Å². The van der Waals surface area contributed by atoms with Gasteiger partial charge in [-0.15, -0.1) is 0 Å². The van der Waals surface area contributed by atoms with E-state index in [0.29, 0.717) is 11.1 Å². The quantitative estimate of drug-likeness (QED) is 0.654. The minimum absolute atomic E-state index is 0.263. The maximum absolute atomic E-state index is 11.9. The van der Waals surface area contributed by atoms with Crippen LogP contribution in [0.3, 0.4) is 0 Å². The van der Waals surface area contributed by atoms with Crippen molar-refractivity contribution >= 4 is 11.9 Å². The molecule has 0 heterocycles. The van der Waals surface area contributed by atoms with Crippen molar-refractivity contribution in [1.29, 1.82) is 0 Å². The Balaban J connectivity index is 2.92. The highest BCUT2D eigenvalue weighted by molar-refractivity contribution is 5.95. The van der Waals surface area contributed by atoms with Gasteiger partial charge < -0.3 is 10.1 Å². The highest BCUT2D eigenvalue weighted by atomic mass is 16.5. The highest BCUT2D eigenvalue weighted by Crippen LogP contribution is 2.14. The third kappa shape index (κ3) is 4.25. The molecule has 1 rings (SSSR count). The molecule has 19 heavy (non-hydrogen) atoms. The van der Waals surface area contributed by atoms with Crippen molar-refractivity contribution in [2.24, 2.45) is 0 Å². The smallest absolute Gasteiger partial charge is 0.333 e. The fourth-order valence-corrected chi connectivity index (χ4v) is 1.69. The summed E-state index contributed by atoms with van der Waals surface area (Å²) in [6.07, 6.45) is 2.59. The third-order valence-electron chi connectivity index (χ3n) is 2.71. The van der Waals surface area contributed by atoms with E-state index in [1.165, 1.54) is 7.11 Å². The lowest BCUT2D eigenvalue weighted by molar-refractivity contribution is -0.144. The molecule has 0 aromatic heterocycles. The molecule has 1 unspecified atom stereocenters. The van der Waals surface area contributed by atoms with Gasteiger partial charge in [-0.1, -0.05) is 43.3 Å². The van der Waals surface area contributed by atoms with Crippen molar-refractivity contribution < 1.29 is 14.3 Å². The van der Waals surface area contributed by atoms with Gasteiger partial charge in [0.2, 0.25) is 5.91 Å². The second-order valence-electron chi connectivity index (χ2n) is 4.14. The van der Waals surface area contributed by atoms with E-state index in [0.717, 1.165) is 6.42 Å². The summed E-state index contributed by atoms with van der Waals surface area (Å²) in [4.78, 5) is 23.7. The van der Waals surface area contributed by atoms with E-state index in [1.807, 2.05) is 31.2 Å². The predicted octanol–water partition coefficient (Wildman–Crippen LogP) is 2.37. The first-order chi connectivity index (χ1) is 9.10. The maximum Gasteiger partial charge on any atom is 0.333 e. The zero-order chi connectivity index (χ0) is 14.3. The van der Waals surface area contributed by atoms with E-state index in [9.17, 15) is 9.59 Å². The number of carbonyl (C=O) groups is 2. The number of amides is 1. The number of rotatable bonds is 5. The Morgan fingerprint density at radius 2 is 1.95 bits per heavy atom. The topological polar surface area (TPSA) is 55.4 Å². The van der Waals surface area contributed by atoms with Crippen LogP contribution >= 0.6 is 0 Å². The fourth-order valence-electron chi connectivity index (χ4n) is 1.69. The van der Waals surface area contributed by atoms with Crippen LogP contribution in [0.5, 0.6) is 0 Å². The number of carbonyl (C=O) groups excluding carboxylic acids is 2. The molecule has 0 bridgehead atoms. The van der Waals surface area contributed by atoms with E-state index in [4.69, 9.17) is 4.74 Å². The van der Waals surface area contributed by atoms with Crippen molar-refractivity contribution in [2.45, 2.75) is 26.3 Å². The Morgan fingerprint density at radius 1 is 1.32 bits per heavy atom. The number of ether oxygens (including phenoxy) is 1. The highest BCUT2D eigenvalue weighted by Gasteiger charge is 2.23. The van der Waals surface area contributed by atoms with Crippen LogP contribution in [0.25, 0.3) is 0 Å². The summed E-state index contributed by atoms with van der Waals surface area (Å²) in [5, 5.41) is 2.69. The lowest BCUT2D eigenvalue weighted by Gasteiger charge is -2.17. The summed E-state index contributed by atoms with van der Waals surface area (Å²) in [5.41, 5.74) is 1.29. The number of benzene rings is 1. The minimum Gasteiger partial charge on any atom is -0.467 e. The molecule has 1 atom stereocenters. The van der Waals surface area contributed by atoms with E-state index < -0.39 is 12.0 Å². The lowest BCUT2D eigenvalue weighted by Crippen LogP contribution is -2.34. The van der Waals surface area contributed by atoms with Crippen LogP contribution in [0.2, 0.25) is 0 Å². The van der Waals surface area contributed by atoms with Gasteiger partial charge in [-0.05, 0) is 18.9 Å². The van der Waals surface area contributed by atoms with Crippen LogP contribution in [0.4, 0.5) is 0 Å². The first-order valence-electron chi connectivity index (χ1n) is 6.20. The lowest BCUT2D eigenvalue weighted by atomic mass is 10.1. The summed E-state index contributed by atoms with van der Waals surface area (Å²) in [7, 11) is 1.30. The summed E-state index contributed by atoms with van der Waals surface area (Å²) < 4.78 is 4.73. The maximum atomic E-state index is 11.9. The largest absolute Gasteiger partial charge is 0.467 e. The molecule has 0 spiro atoms. The number of hydrogen-bond acceptors (Lipinski definition) is 3. The zero-order valence-electron chi connectivity index (χ0n) is 11.5. The number of nitrogens with one attached hydrogen (secondary N) is 1. The SMILES string of the molecule is CC/C=C(\C)C(=O)NC(C(=O)OC)c1ccccc1. The molecule has 0 radical (unpaired) electrons. The first kappa shape index (κ1) is 15.0. The number of esters is 1. The molecule has 1 aromatic carbocycles. The van der Waals surface area contributed by atoms with Crippen LogP contribution < -0.4 is 5.32 Å². The average molecular weight is 261 g/mol. The van der Waals surface area contributed by atoms with Gasteiger partial charge in [-0.25, -0.2) is 4.79 Å². The standard InChI is InChI=1S/C15H19NO3/c1-4-8-11(2)14(17)16-13(15(18)19-3)12-9-6-5-7-10-12/h5-10,13H,4H2,1-3H3,(H,16,17)/b11-8+. The summed E-state index contributed by atoms with van der Waals surface area (Å²) >= 11 is 0. The third-order valence-corrected chi connectivity index (χ3v) is 2.71. The van der Waals surface area contributed by atoms with Crippen molar-refractivity contribution in [2.75, 3.05) is 7.11 Å².